The van der Waals surface area contributed by atoms with Crippen LogP contribution in [0, 0.1) is 0 Å². The molecule has 0 bridgehead atoms. The average molecular weight is 378 g/mol. The van der Waals surface area contributed by atoms with Gasteiger partial charge in [0.2, 0.25) is 5.91 Å². The predicted octanol–water partition coefficient (Wildman–Crippen LogP) is 1.22. The lowest BCUT2D eigenvalue weighted by atomic mass is 10.1. The summed E-state index contributed by atoms with van der Waals surface area (Å²) in [4.78, 5) is 47.7. The van der Waals surface area contributed by atoms with Crippen LogP contribution in [0.2, 0.25) is 0 Å². The number of benzene rings is 1. The minimum atomic E-state index is -1.30. The standard InChI is InChI=1S/C18H22N2O7/c21-15(20-10-4-7-14(20)17(24)25)9-8-13(16(22)23)19-18(26)27-11-12-5-2-1-3-6-12/h1-3,5-6,13-14H,4,7-11H2,(H,19,26)(H,22,23)(H,24,25)/t13-,14+/m1/s1. The van der Waals surface area contributed by atoms with E-state index < -0.39 is 36.0 Å². The fourth-order valence-electron chi connectivity index (χ4n) is 2.90. The molecule has 0 spiro atoms. The van der Waals surface area contributed by atoms with Gasteiger partial charge in [0.05, 0.1) is 0 Å². The number of alkyl carbamates (subject to hydrolysis) is 1. The second-order valence-corrected chi connectivity index (χ2v) is 6.22. The SMILES string of the molecule is O=C(N[C@H](CCC(=O)N1CCC[C@H]1C(=O)O)C(=O)O)OCc1ccccc1. The molecule has 1 aliphatic rings. The van der Waals surface area contributed by atoms with E-state index in [4.69, 9.17) is 9.84 Å². The molecule has 9 nitrogen and oxygen atoms in total. The van der Waals surface area contributed by atoms with E-state index in [-0.39, 0.29) is 19.4 Å². The lowest BCUT2D eigenvalue weighted by molar-refractivity contribution is -0.148. The number of carbonyl (C=O) groups excluding carboxylic acids is 2. The zero-order chi connectivity index (χ0) is 19.8. The van der Waals surface area contributed by atoms with Crippen molar-refractivity contribution in [2.75, 3.05) is 6.54 Å². The van der Waals surface area contributed by atoms with Crippen molar-refractivity contribution in [2.45, 2.75) is 44.4 Å². The molecular formula is C18H22N2O7. The Kier molecular flexibility index (Phi) is 7.16. The molecule has 1 aromatic rings. The van der Waals surface area contributed by atoms with E-state index in [0.717, 1.165) is 5.56 Å². The van der Waals surface area contributed by atoms with Crippen LogP contribution in [0.4, 0.5) is 4.79 Å². The molecule has 2 atom stereocenters. The van der Waals surface area contributed by atoms with Crippen LogP contribution in [-0.4, -0.2) is 57.7 Å². The molecule has 0 aliphatic carbocycles. The summed E-state index contributed by atoms with van der Waals surface area (Å²) >= 11 is 0. The molecule has 2 rings (SSSR count). The van der Waals surface area contributed by atoms with Crippen LogP contribution in [0.3, 0.4) is 0 Å². The van der Waals surface area contributed by atoms with Crippen molar-refractivity contribution < 1.29 is 34.1 Å². The van der Waals surface area contributed by atoms with Gasteiger partial charge >= 0.3 is 18.0 Å². The zero-order valence-electron chi connectivity index (χ0n) is 14.7. The molecule has 1 aromatic carbocycles. The lowest BCUT2D eigenvalue weighted by Gasteiger charge is -2.22. The number of nitrogens with zero attached hydrogens (tertiary/aromatic N) is 1. The number of carboxylic acid groups (broad SMARTS) is 2. The molecule has 1 aliphatic heterocycles. The number of ether oxygens (including phenoxy) is 1. The molecule has 27 heavy (non-hydrogen) atoms. The average Bonchev–Trinajstić information content (AvgIpc) is 3.14. The first kappa shape index (κ1) is 20.2. The first-order valence-corrected chi connectivity index (χ1v) is 8.60. The van der Waals surface area contributed by atoms with Gasteiger partial charge in [-0.05, 0) is 24.8 Å². The number of rotatable bonds is 8. The third kappa shape index (κ3) is 5.98. The highest BCUT2D eigenvalue weighted by Gasteiger charge is 2.34. The number of aliphatic carboxylic acids is 2. The number of carboxylic acids is 2. The Morgan fingerprint density at radius 3 is 2.52 bits per heavy atom. The maximum Gasteiger partial charge on any atom is 0.408 e. The van der Waals surface area contributed by atoms with Gasteiger partial charge in [0.15, 0.2) is 0 Å². The quantitative estimate of drug-likeness (QED) is 0.619. The van der Waals surface area contributed by atoms with E-state index in [1.54, 1.807) is 24.3 Å². The normalized spacial score (nSPS) is 17.2. The van der Waals surface area contributed by atoms with E-state index in [0.29, 0.717) is 19.4 Å². The van der Waals surface area contributed by atoms with E-state index in [1.807, 2.05) is 6.07 Å². The summed E-state index contributed by atoms with van der Waals surface area (Å²) in [5.74, 6) is -2.81. The number of amides is 2. The molecule has 0 radical (unpaired) electrons. The van der Waals surface area contributed by atoms with Gasteiger partial charge in [-0.1, -0.05) is 30.3 Å². The molecular weight excluding hydrogens is 356 g/mol. The van der Waals surface area contributed by atoms with Crippen molar-refractivity contribution in [3.8, 4) is 0 Å². The summed E-state index contributed by atoms with van der Waals surface area (Å²) in [6, 6.07) is 6.73. The fourth-order valence-corrected chi connectivity index (χ4v) is 2.90. The monoisotopic (exact) mass is 378 g/mol. The second-order valence-electron chi connectivity index (χ2n) is 6.22. The number of hydrogen-bond donors (Lipinski definition) is 3. The predicted molar refractivity (Wildman–Crippen MR) is 92.8 cm³/mol. The van der Waals surface area contributed by atoms with Crippen LogP contribution in [0.5, 0.6) is 0 Å². The maximum absolute atomic E-state index is 12.2. The Hall–Kier alpha value is -3.10. The first-order chi connectivity index (χ1) is 12.9. The van der Waals surface area contributed by atoms with Gasteiger partial charge in [-0.15, -0.1) is 0 Å². The van der Waals surface area contributed by atoms with Crippen molar-refractivity contribution >= 4 is 23.9 Å². The zero-order valence-corrected chi connectivity index (χ0v) is 14.7. The van der Waals surface area contributed by atoms with Crippen molar-refractivity contribution in [3.05, 3.63) is 35.9 Å². The van der Waals surface area contributed by atoms with Gasteiger partial charge < -0.3 is 25.2 Å². The lowest BCUT2D eigenvalue weighted by Crippen LogP contribution is -2.44. The molecule has 1 saturated heterocycles. The Morgan fingerprint density at radius 2 is 1.89 bits per heavy atom. The van der Waals surface area contributed by atoms with Crippen molar-refractivity contribution in [3.63, 3.8) is 0 Å². The molecule has 1 heterocycles. The maximum atomic E-state index is 12.2. The Balaban J connectivity index is 1.82. The molecule has 1 fully saturated rings. The fraction of sp³-hybridized carbons (Fsp3) is 0.444. The smallest absolute Gasteiger partial charge is 0.408 e. The highest BCUT2D eigenvalue weighted by Crippen LogP contribution is 2.19. The summed E-state index contributed by atoms with van der Waals surface area (Å²) < 4.78 is 4.98. The van der Waals surface area contributed by atoms with Crippen LogP contribution in [0.15, 0.2) is 30.3 Å². The summed E-state index contributed by atoms with van der Waals surface area (Å²) in [5, 5.41) is 20.6. The summed E-state index contributed by atoms with van der Waals surface area (Å²) in [7, 11) is 0. The number of hydrogen-bond acceptors (Lipinski definition) is 5. The molecule has 3 N–H and O–H groups in total. The van der Waals surface area contributed by atoms with Gasteiger partial charge in [0.1, 0.15) is 18.7 Å². The summed E-state index contributed by atoms with van der Waals surface area (Å²) in [6.45, 7) is 0.325. The highest BCUT2D eigenvalue weighted by atomic mass is 16.5. The molecule has 9 heteroatoms. The molecule has 0 unspecified atom stereocenters. The number of nitrogens with one attached hydrogen (secondary N) is 1. The second kappa shape index (κ2) is 9.56. The minimum Gasteiger partial charge on any atom is -0.480 e. The highest BCUT2D eigenvalue weighted by molar-refractivity contribution is 5.85. The molecule has 0 saturated carbocycles. The van der Waals surface area contributed by atoms with Crippen LogP contribution in [0.25, 0.3) is 0 Å². The minimum absolute atomic E-state index is 0.00792. The van der Waals surface area contributed by atoms with Gasteiger partial charge in [0, 0.05) is 13.0 Å². The van der Waals surface area contributed by atoms with Crippen LogP contribution < -0.4 is 5.32 Å². The van der Waals surface area contributed by atoms with E-state index in [2.05, 4.69) is 5.32 Å². The number of carbonyl (C=O) groups is 4. The third-order valence-electron chi connectivity index (χ3n) is 4.31. The Bertz CT molecular complexity index is 692. The van der Waals surface area contributed by atoms with Crippen molar-refractivity contribution in [2.24, 2.45) is 0 Å². The van der Waals surface area contributed by atoms with Crippen LogP contribution in [-0.2, 0) is 25.7 Å². The van der Waals surface area contributed by atoms with Gasteiger partial charge in [0.25, 0.3) is 0 Å². The molecule has 2 amide bonds. The van der Waals surface area contributed by atoms with Crippen LogP contribution >= 0.6 is 0 Å². The number of likely N-dealkylation sites (tertiary alicyclic amines) is 1. The van der Waals surface area contributed by atoms with Crippen molar-refractivity contribution in [1.82, 2.24) is 10.2 Å². The van der Waals surface area contributed by atoms with E-state index >= 15 is 0 Å². The summed E-state index contributed by atoms with van der Waals surface area (Å²) in [5.41, 5.74) is 0.753. The third-order valence-corrected chi connectivity index (χ3v) is 4.31. The molecule has 146 valence electrons. The van der Waals surface area contributed by atoms with E-state index in [1.165, 1.54) is 4.90 Å². The van der Waals surface area contributed by atoms with Crippen molar-refractivity contribution in [1.29, 1.82) is 0 Å². The van der Waals surface area contributed by atoms with Gasteiger partial charge in [-0.25, -0.2) is 14.4 Å². The van der Waals surface area contributed by atoms with Crippen LogP contribution in [0.1, 0.15) is 31.2 Å². The van der Waals surface area contributed by atoms with Gasteiger partial charge in [-0.2, -0.15) is 0 Å². The van der Waals surface area contributed by atoms with E-state index in [9.17, 15) is 24.3 Å². The first-order valence-electron chi connectivity index (χ1n) is 8.60. The largest absolute Gasteiger partial charge is 0.480 e. The van der Waals surface area contributed by atoms with Gasteiger partial charge in [-0.3, -0.25) is 4.79 Å². The Labute approximate surface area is 155 Å². The molecule has 0 aromatic heterocycles. The Morgan fingerprint density at radius 1 is 1.19 bits per heavy atom. The summed E-state index contributed by atoms with van der Waals surface area (Å²) in [6.07, 6.45) is -0.261. The topological polar surface area (TPSA) is 133 Å².